The molecule has 1 aromatic heterocycles. The fourth-order valence-corrected chi connectivity index (χ4v) is 13.7. The summed E-state index contributed by atoms with van der Waals surface area (Å²) in [5, 5.41) is 11.5. The van der Waals surface area contributed by atoms with Crippen LogP contribution in [0.4, 0.5) is 11.5 Å². The van der Waals surface area contributed by atoms with Crippen molar-refractivity contribution >= 4 is 40.0 Å². The zero-order chi connectivity index (χ0) is 32.2. The minimum Gasteiger partial charge on any atom is -0.404 e. The number of rotatable bonds is 7. The molecule has 8 heteroatoms. The minimum atomic E-state index is -3.16. The van der Waals surface area contributed by atoms with Crippen molar-refractivity contribution in [3.05, 3.63) is 95.7 Å². The molecule has 1 fully saturated rings. The summed E-state index contributed by atoms with van der Waals surface area (Å²) in [6, 6.07) is 27.4. The van der Waals surface area contributed by atoms with E-state index in [-0.39, 0.29) is 22.4 Å². The van der Waals surface area contributed by atoms with E-state index in [1.165, 1.54) is 10.4 Å². The van der Waals surface area contributed by atoms with Crippen molar-refractivity contribution in [2.45, 2.75) is 102 Å². The second-order valence-corrected chi connectivity index (χ2v) is 21.2. The van der Waals surface area contributed by atoms with Gasteiger partial charge in [-0.1, -0.05) is 81.4 Å². The highest BCUT2D eigenvalue weighted by Crippen LogP contribution is 2.44. The summed E-state index contributed by atoms with van der Waals surface area (Å²) in [5.41, 5.74) is 3.82. The molecule has 0 bridgehead atoms. The van der Waals surface area contributed by atoms with Gasteiger partial charge in [0.2, 0.25) is 0 Å². The first-order valence-electron chi connectivity index (χ1n) is 16.2. The maximum Gasteiger partial charge on any atom is 0.261 e. The summed E-state index contributed by atoms with van der Waals surface area (Å²) in [6.07, 6.45) is 3.66. The maximum atomic E-state index is 12.4. The third-order valence-corrected chi connectivity index (χ3v) is 16.5. The van der Waals surface area contributed by atoms with Crippen molar-refractivity contribution < 1.29 is 12.8 Å². The van der Waals surface area contributed by atoms with Crippen molar-refractivity contribution in [2.24, 2.45) is 0 Å². The van der Waals surface area contributed by atoms with Crippen LogP contribution in [0.2, 0.25) is 5.04 Å². The van der Waals surface area contributed by atoms with E-state index in [0.717, 1.165) is 47.6 Å². The van der Waals surface area contributed by atoms with E-state index >= 15 is 0 Å². The van der Waals surface area contributed by atoms with Gasteiger partial charge in [-0.05, 0) is 92.6 Å². The van der Waals surface area contributed by atoms with Crippen LogP contribution < -0.4 is 15.7 Å². The Hall–Kier alpha value is -3.20. The van der Waals surface area contributed by atoms with Crippen LogP contribution >= 0.6 is 0 Å². The quantitative estimate of drug-likeness (QED) is 0.216. The van der Waals surface area contributed by atoms with Crippen LogP contribution in [0, 0.1) is 6.92 Å². The summed E-state index contributed by atoms with van der Waals surface area (Å²) in [7, 11) is -5.80. The predicted molar refractivity (Wildman–Crippen MR) is 187 cm³/mol. The Morgan fingerprint density at radius 3 is 2.09 bits per heavy atom. The predicted octanol–water partition coefficient (Wildman–Crippen LogP) is 7.23. The largest absolute Gasteiger partial charge is 0.404 e. The lowest BCUT2D eigenvalue weighted by Gasteiger charge is -2.44. The molecule has 6 nitrogen and oxygen atoms in total. The Labute approximate surface area is 270 Å². The lowest BCUT2D eigenvalue weighted by molar-refractivity contribution is 0.193. The Bertz CT molecular complexity index is 1750. The van der Waals surface area contributed by atoms with E-state index in [9.17, 15) is 8.42 Å². The number of hydrogen-bond acceptors (Lipinski definition) is 5. The number of fused-ring (bicyclic) bond motifs is 1. The number of nitrogens with one attached hydrogen (secondary N) is 1. The average Bonchev–Trinajstić information content (AvgIpc) is 3.67. The van der Waals surface area contributed by atoms with Crippen molar-refractivity contribution in [3.8, 4) is 0 Å². The zero-order valence-corrected chi connectivity index (χ0v) is 29.5. The second kappa shape index (κ2) is 11.5. The van der Waals surface area contributed by atoms with Gasteiger partial charge in [-0.25, -0.2) is 13.1 Å². The van der Waals surface area contributed by atoms with Gasteiger partial charge in [0.15, 0.2) is 9.84 Å². The van der Waals surface area contributed by atoms with Gasteiger partial charge in [0.25, 0.3) is 8.32 Å². The number of aryl methyl sites for hydroxylation is 1. The molecule has 2 heterocycles. The van der Waals surface area contributed by atoms with Crippen molar-refractivity contribution in [1.29, 1.82) is 0 Å². The first-order valence-corrected chi connectivity index (χ1v) is 19.8. The van der Waals surface area contributed by atoms with Crippen LogP contribution in [-0.2, 0) is 26.2 Å². The van der Waals surface area contributed by atoms with Crippen LogP contribution in [0.15, 0.2) is 83.8 Å². The summed E-state index contributed by atoms with van der Waals surface area (Å²) in [4.78, 5) is 0.465. The lowest BCUT2D eigenvalue weighted by Crippen LogP contribution is -2.67. The highest BCUT2D eigenvalue weighted by molar-refractivity contribution is 7.91. The van der Waals surface area contributed by atoms with E-state index in [1.807, 2.05) is 12.1 Å². The van der Waals surface area contributed by atoms with E-state index in [2.05, 4.69) is 119 Å². The molecule has 4 aromatic rings. The molecule has 3 aromatic carbocycles. The number of nitrogens with zero attached hydrogens (tertiary/aromatic N) is 2. The molecule has 0 spiro atoms. The molecule has 238 valence electrons. The van der Waals surface area contributed by atoms with Crippen molar-refractivity contribution in [2.75, 3.05) is 11.1 Å². The lowest BCUT2D eigenvalue weighted by atomic mass is 10.0. The van der Waals surface area contributed by atoms with Gasteiger partial charge in [-0.2, -0.15) is 5.10 Å². The SMILES string of the molecule is Cc1c(C2CCC(O[Si](c3ccccc3)(c3ccccc3)C(C)(C)C)C2)nn(C(C)(C)C)c1Nc1ccc2c(c1)CCS2(=O)=O. The molecular formula is C37H47N3O3SSi. The maximum absolute atomic E-state index is 12.4. The summed E-state index contributed by atoms with van der Waals surface area (Å²) >= 11 is 0. The van der Waals surface area contributed by atoms with E-state index in [4.69, 9.17) is 9.52 Å². The number of hydrogen-bond donors (Lipinski definition) is 1. The first kappa shape index (κ1) is 31.8. The normalized spacial score (nSPS) is 19.9. The van der Waals surface area contributed by atoms with Gasteiger partial charge >= 0.3 is 0 Å². The molecule has 1 N–H and O–H groups in total. The minimum absolute atomic E-state index is 0.0657. The summed E-state index contributed by atoms with van der Waals surface area (Å²) in [5.74, 6) is 1.45. The van der Waals surface area contributed by atoms with Gasteiger partial charge in [0.05, 0.1) is 21.9 Å². The number of anilines is 2. The molecule has 45 heavy (non-hydrogen) atoms. The Kier molecular flexibility index (Phi) is 8.15. The standard InChI is InChI=1S/C37H47N3O3SSi/c1-26-34(39-40(36(2,3)4)35(26)38-29-19-21-33-27(24-29)22-23-44(33,41)42)28-18-20-30(25-28)43-45(37(5,6)7,31-14-10-8-11-15-31)32-16-12-9-13-17-32/h8-17,19,21,24,28,30,38H,18,20,22-23,25H2,1-7H3. The van der Waals surface area contributed by atoms with Gasteiger partial charge < -0.3 is 9.74 Å². The highest BCUT2D eigenvalue weighted by Gasteiger charge is 2.52. The van der Waals surface area contributed by atoms with Crippen LogP contribution in [-0.4, -0.2) is 38.4 Å². The molecule has 2 atom stereocenters. The van der Waals surface area contributed by atoms with E-state index in [0.29, 0.717) is 17.2 Å². The molecule has 2 unspecified atom stereocenters. The Balaban J connectivity index is 1.32. The first-order chi connectivity index (χ1) is 21.2. The molecule has 1 aliphatic heterocycles. The molecular weight excluding hydrogens is 595 g/mol. The van der Waals surface area contributed by atoms with Gasteiger partial charge in [-0.3, -0.25) is 0 Å². The summed E-state index contributed by atoms with van der Waals surface area (Å²) < 4.78 is 34.4. The topological polar surface area (TPSA) is 73.2 Å². The number of benzene rings is 3. The van der Waals surface area contributed by atoms with E-state index in [1.54, 1.807) is 6.07 Å². The average molecular weight is 642 g/mol. The third-order valence-electron chi connectivity index (χ3n) is 9.62. The number of sulfone groups is 1. The zero-order valence-electron chi connectivity index (χ0n) is 27.7. The van der Waals surface area contributed by atoms with Gasteiger partial charge in [0, 0.05) is 23.3 Å². The molecule has 1 aliphatic carbocycles. The van der Waals surface area contributed by atoms with E-state index < -0.39 is 18.2 Å². The van der Waals surface area contributed by atoms with Crippen molar-refractivity contribution in [1.82, 2.24) is 9.78 Å². The van der Waals surface area contributed by atoms with Crippen LogP contribution in [0.5, 0.6) is 0 Å². The van der Waals surface area contributed by atoms with Gasteiger partial charge in [-0.15, -0.1) is 0 Å². The number of aromatic nitrogens is 2. The van der Waals surface area contributed by atoms with Crippen LogP contribution in [0.25, 0.3) is 0 Å². The molecule has 1 saturated carbocycles. The van der Waals surface area contributed by atoms with Gasteiger partial charge in [0.1, 0.15) is 5.82 Å². The Morgan fingerprint density at radius 1 is 0.889 bits per heavy atom. The third kappa shape index (κ3) is 5.81. The smallest absolute Gasteiger partial charge is 0.261 e. The molecule has 0 saturated heterocycles. The summed E-state index contributed by atoms with van der Waals surface area (Å²) in [6.45, 7) is 15.7. The molecule has 6 rings (SSSR count). The fraction of sp³-hybridized carbons (Fsp3) is 0.432. The highest BCUT2D eigenvalue weighted by atomic mass is 32.2. The van der Waals surface area contributed by atoms with Crippen LogP contribution in [0.3, 0.4) is 0 Å². The van der Waals surface area contributed by atoms with Crippen LogP contribution in [0.1, 0.15) is 83.5 Å². The molecule has 0 radical (unpaired) electrons. The Morgan fingerprint density at radius 2 is 1.51 bits per heavy atom. The van der Waals surface area contributed by atoms with Crippen molar-refractivity contribution in [3.63, 3.8) is 0 Å². The second-order valence-electron chi connectivity index (χ2n) is 14.9. The molecule has 2 aliphatic rings. The fourth-order valence-electron chi connectivity index (χ4n) is 7.42. The monoisotopic (exact) mass is 641 g/mol. The molecule has 0 amide bonds.